The zero-order valence-electron chi connectivity index (χ0n) is 15.7. The molecule has 10 heteroatoms. The lowest BCUT2D eigenvalue weighted by molar-refractivity contribution is -0.120. The van der Waals surface area contributed by atoms with Crippen LogP contribution in [0.4, 0.5) is 5.69 Å². The highest BCUT2D eigenvalue weighted by atomic mass is 32.2. The van der Waals surface area contributed by atoms with Gasteiger partial charge in [0.15, 0.2) is 0 Å². The predicted octanol–water partition coefficient (Wildman–Crippen LogP) is 0.817. The van der Waals surface area contributed by atoms with Crippen LogP contribution in [0.1, 0.15) is 11.1 Å². The number of amides is 1. The number of rotatable bonds is 4. The van der Waals surface area contributed by atoms with Gasteiger partial charge in [-0.15, -0.1) is 0 Å². The van der Waals surface area contributed by atoms with Crippen molar-refractivity contribution in [3.8, 4) is 0 Å². The van der Waals surface area contributed by atoms with E-state index in [1.807, 2.05) is 29.2 Å². The van der Waals surface area contributed by atoms with Crippen molar-refractivity contribution in [1.29, 1.82) is 0 Å². The van der Waals surface area contributed by atoms with Crippen molar-refractivity contribution in [2.24, 2.45) is 0 Å². The molecule has 1 amide bonds. The molecule has 0 radical (unpaired) electrons. The molecular weight excluding hydrogens is 408 g/mol. The van der Waals surface area contributed by atoms with Crippen LogP contribution in [0.25, 0.3) is 0 Å². The molecule has 2 heterocycles. The third-order valence-corrected chi connectivity index (χ3v) is 6.80. The number of hydrogen-bond donors (Lipinski definition) is 3. The van der Waals surface area contributed by atoms with E-state index in [0.717, 1.165) is 21.6 Å². The van der Waals surface area contributed by atoms with Gasteiger partial charge in [0.25, 0.3) is 5.56 Å². The van der Waals surface area contributed by atoms with E-state index < -0.39 is 33.2 Å². The van der Waals surface area contributed by atoms with Gasteiger partial charge in [-0.2, -0.15) is 4.31 Å². The van der Waals surface area contributed by atoms with E-state index in [9.17, 15) is 22.8 Å². The molecule has 0 fully saturated rings. The Morgan fingerprint density at radius 3 is 2.37 bits per heavy atom. The summed E-state index contributed by atoms with van der Waals surface area (Å²) in [6.45, 7) is 0.0213. The highest BCUT2D eigenvalue weighted by Crippen LogP contribution is 2.29. The second-order valence-electron chi connectivity index (χ2n) is 6.83. The number of carbonyl (C=O) groups is 1. The fourth-order valence-corrected chi connectivity index (χ4v) is 5.01. The Balaban J connectivity index is 1.73. The first-order chi connectivity index (χ1) is 14.4. The molecule has 3 aromatic rings. The monoisotopic (exact) mass is 426 g/mol. The standard InChI is InChI=1S/C20H18N4O5S/c25-18-16(11-21-20(27)23-18)22-19(26)17-10-13-6-4-5-7-14(13)12-24(17)30(28,29)15-8-2-1-3-9-15/h1-9,11,17H,10,12H2,(H,22,26)(H2,21,23,25,27). The molecule has 4 rings (SSSR count). The van der Waals surface area contributed by atoms with Gasteiger partial charge in [-0.25, -0.2) is 13.2 Å². The van der Waals surface area contributed by atoms with Crippen molar-refractivity contribution >= 4 is 21.6 Å². The average Bonchev–Trinajstić information content (AvgIpc) is 2.75. The minimum absolute atomic E-state index is 0.0213. The molecule has 30 heavy (non-hydrogen) atoms. The van der Waals surface area contributed by atoms with Crippen molar-refractivity contribution in [3.05, 3.63) is 92.8 Å². The molecule has 9 nitrogen and oxygen atoms in total. The Morgan fingerprint density at radius 2 is 1.67 bits per heavy atom. The Kier molecular flexibility index (Phi) is 5.10. The molecule has 0 saturated heterocycles. The fourth-order valence-electron chi connectivity index (χ4n) is 3.42. The summed E-state index contributed by atoms with van der Waals surface area (Å²) in [6.07, 6.45) is 1.22. The topological polar surface area (TPSA) is 132 Å². The van der Waals surface area contributed by atoms with Gasteiger partial charge in [-0.1, -0.05) is 42.5 Å². The maximum absolute atomic E-state index is 13.3. The second kappa shape index (κ2) is 7.73. The SMILES string of the molecule is O=C(Nc1c[nH]c(=O)[nH]c1=O)C1Cc2ccccc2CN1S(=O)(=O)c1ccccc1. The highest BCUT2D eigenvalue weighted by molar-refractivity contribution is 7.89. The van der Waals surface area contributed by atoms with E-state index in [4.69, 9.17) is 0 Å². The van der Waals surface area contributed by atoms with Crippen LogP contribution < -0.4 is 16.6 Å². The van der Waals surface area contributed by atoms with Crippen molar-refractivity contribution in [1.82, 2.24) is 14.3 Å². The maximum Gasteiger partial charge on any atom is 0.325 e. The minimum Gasteiger partial charge on any atom is -0.319 e. The lowest BCUT2D eigenvalue weighted by Gasteiger charge is -2.35. The van der Waals surface area contributed by atoms with E-state index in [0.29, 0.717) is 0 Å². The van der Waals surface area contributed by atoms with Gasteiger partial charge in [-0.3, -0.25) is 14.6 Å². The van der Waals surface area contributed by atoms with Crippen molar-refractivity contribution in [3.63, 3.8) is 0 Å². The van der Waals surface area contributed by atoms with Gasteiger partial charge < -0.3 is 10.3 Å². The molecule has 154 valence electrons. The summed E-state index contributed by atoms with van der Waals surface area (Å²) in [6, 6.07) is 14.1. The number of hydrogen-bond acceptors (Lipinski definition) is 5. The summed E-state index contributed by atoms with van der Waals surface area (Å²) < 4.78 is 27.8. The predicted molar refractivity (Wildman–Crippen MR) is 109 cm³/mol. The number of sulfonamides is 1. The molecule has 0 saturated carbocycles. The van der Waals surface area contributed by atoms with Crippen LogP contribution in [-0.2, 0) is 27.8 Å². The van der Waals surface area contributed by atoms with E-state index in [-0.39, 0.29) is 23.5 Å². The maximum atomic E-state index is 13.3. The van der Waals surface area contributed by atoms with Crippen LogP contribution in [-0.4, -0.2) is 34.6 Å². The van der Waals surface area contributed by atoms with Crippen molar-refractivity contribution in [2.45, 2.75) is 23.9 Å². The Morgan fingerprint density at radius 1 is 1.00 bits per heavy atom. The third kappa shape index (κ3) is 3.70. The number of nitrogens with zero attached hydrogens (tertiary/aromatic N) is 1. The molecular formula is C20H18N4O5S. The van der Waals surface area contributed by atoms with Crippen molar-refractivity contribution < 1.29 is 13.2 Å². The smallest absolute Gasteiger partial charge is 0.319 e. The van der Waals surface area contributed by atoms with E-state index >= 15 is 0 Å². The number of aromatic amines is 2. The molecule has 1 atom stereocenters. The van der Waals surface area contributed by atoms with Gasteiger partial charge in [0.1, 0.15) is 11.7 Å². The summed E-state index contributed by atoms with van der Waals surface area (Å²) in [5.74, 6) is -0.665. The number of carbonyl (C=O) groups excluding carboxylic acids is 1. The zero-order valence-corrected chi connectivity index (χ0v) is 16.5. The molecule has 1 aliphatic heterocycles. The van der Waals surface area contributed by atoms with Crippen LogP contribution >= 0.6 is 0 Å². The number of benzene rings is 2. The van der Waals surface area contributed by atoms with Crippen LogP contribution in [0.5, 0.6) is 0 Å². The number of H-pyrrole nitrogens is 2. The van der Waals surface area contributed by atoms with Gasteiger partial charge in [0.05, 0.1) is 4.90 Å². The molecule has 2 aromatic carbocycles. The summed E-state index contributed by atoms with van der Waals surface area (Å²) in [5.41, 5.74) is 0.00431. The van der Waals surface area contributed by atoms with E-state index in [1.54, 1.807) is 18.2 Å². The summed E-state index contributed by atoms with van der Waals surface area (Å²) in [5, 5.41) is 2.43. The van der Waals surface area contributed by atoms with Crippen LogP contribution in [0.15, 0.2) is 75.3 Å². The minimum atomic E-state index is -3.98. The molecule has 1 aliphatic rings. The number of nitrogens with one attached hydrogen (secondary N) is 3. The van der Waals surface area contributed by atoms with E-state index in [1.165, 1.54) is 12.1 Å². The summed E-state index contributed by atoms with van der Waals surface area (Å²) in [7, 11) is -3.98. The number of anilines is 1. The quantitative estimate of drug-likeness (QED) is 0.568. The molecule has 1 aromatic heterocycles. The summed E-state index contributed by atoms with van der Waals surface area (Å²) >= 11 is 0. The normalized spacial score (nSPS) is 16.6. The van der Waals surface area contributed by atoms with E-state index in [2.05, 4.69) is 10.3 Å². The highest BCUT2D eigenvalue weighted by Gasteiger charge is 2.39. The first kappa shape index (κ1) is 19.8. The molecule has 3 N–H and O–H groups in total. The Bertz CT molecular complexity index is 1310. The van der Waals surface area contributed by atoms with Crippen LogP contribution in [0.3, 0.4) is 0 Å². The van der Waals surface area contributed by atoms with Crippen LogP contribution in [0, 0.1) is 0 Å². The van der Waals surface area contributed by atoms with Crippen LogP contribution in [0.2, 0.25) is 0 Å². The average molecular weight is 426 g/mol. The molecule has 0 aliphatic carbocycles. The lowest BCUT2D eigenvalue weighted by Crippen LogP contribution is -2.50. The largest absolute Gasteiger partial charge is 0.325 e. The lowest BCUT2D eigenvalue weighted by atomic mass is 9.95. The molecule has 0 bridgehead atoms. The van der Waals surface area contributed by atoms with Gasteiger partial charge in [0, 0.05) is 12.7 Å². The number of aromatic nitrogens is 2. The fraction of sp³-hybridized carbons (Fsp3) is 0.150. The van der Waals surface area contributed by atoms with Crippen molar-refractivity contribution in [2.75, 3.05) is 5.32 Å². The summed E-state index contributed by atoms with van der Waals surface area (Å²) in [4.78, 5) is 40.5. The number of fused-ring (bicyclic) bond motifs is 1. The third-order valence-electron chi connectivity index (χ3n) is 4.94. The zero-order chi connectivity index (χ0) is 21.3. The first-order valence-corrected chi connectivity index (χ1v) is 10.6. The first-order valence-electron chi connectivity index (χ1n) is 9.13. The van der Waals surface area contributed by atoms with Gasteiger partial charge in [-0.05, 0) is 29.7 Å². The Hall–Kier alpha value is -3.50. The second-order valence-corrected chi connectivity index (χ2v) is 8.72. The Labute approximate surface area is 171 Å². The molecule has 1 unspecified atom stereocenters. The molecule has 0 spiro atoms. The van der Waals surface area contributed by atoms with Gasteiger partial charge >= 0.3 is 5.69 Å². The van der Waals surface area contributed by atoms with Gasteiger partial charge in [0.2, 0.25) is 15.9 Å².